The number of hydrogen-bond acceptors (Lipinski definition) is 3. The molecule has 160 valence electrons. The van der Waals surface area contributed by atoms with Crippen LogP contribution >= 0.6 is 24.0 Å². The molecule has 3 N–H and O–H groups in total. The van der Waals surface area contributed by atoms with E-state index in [4.69, 9.17) is 4.74 Å². The van der Waals surface area contributed by atoms with Crippen LogP contribution in [0.1, 0.15) is 27.2 Å². The van der Waals surface area contributed by atoms with Gasteiger partial charge >= 0.3 is 0 Å². The lowest BCUT2D eigenvalue weighted by Crippen LogP contribution is -2.42. The van der Waals surface area contributed by atoms with Gasteiger partial charge in [-0.2, -0.15) is 0 Å². The number of benzene rings is 1. The number of carbonyl (C=O) groups is 1. The third-order valence-electron chi connectivity index (χ3n) is 3.79. The van der Waals surface area contributed by atoms with Gasteiger partial charge in [-0.15, -0.1) is 24.0 Å². The second-order valence-corrected chi connectivity index (χ2v) is 6.15. The van der Waals surface area contributed by atoms with Crippen LogP contribution in [-0.4, -0.2) is 44.7 Å². The van der Waals surface area contributed by atoms with E-state index in [0.717, 1.165) is 18.6 Å². The number of hydrogen-bond donors (Lipinski definition) is 3. The van der Waals surface area contributed by atoms with Crippen molar-refractivity contribution in [1.29, 1.82) is 0 Å². The molecular formula is C18H28F3IN4O2. The van der Waals surface area contributed by atoms with Gasteiger partial charge in [-0.25, -0.2) is 13.2 Å². The number of guanidine groups is 1. The van der Waals surface area contributed by atoms with Gasteiger partial charge in [-0.3, -0.25) is 9.79 Å². The van der Waals surface area contributed by atoms with Crippen LogP contribution in [0.5, 0.6) is 0 Å². The maximum Gasteiger partial charge on any atom is 0.243 e. The number of nitrogens with one attached hydrogen (secondary N) is 3. The van der Waals surface area contributed by atoms with Crippen LogP contribution in [-0.2, 0) is 9.53 Å². The third kappa shape index (κ3) is 8.63. The van der Waals surface area contributed by atoms with Crippen LogP contribution in [0.4, 0.5) is 18.9 Å². The molecule has 0 aliphatic heterocycles. The lowest BCUT2D eigenvalue weighted by molar-refractivity contribution is -0.115. The summed E-state index contributed by atoms with van der Waals surface area (Å²) in [5, 5.41) is 8.00. The summed E-state index contributed by atoms with van der Waals surface area (Å²) in [6.45, 7) is 7.09. The maximum absolute atomic E-state index is 13.6. The zero-order chi connectivity index (χ0) is 20.4. The van der Waals surface area contributed by atoms with Crippen LogP contribution < -0.4 is 16.0 Å². The fourth-order valence-electron chi connectivity index (χ4n) is 2.36. The molecular weight excluding hydrogens is 488 g/mol. The number of rotatable bonds is 9. The minimum Gasteiger partial charge on any atom is -0.378 e. The molecule has 28 heavy (non-hydrogen) atoms. The molecule has 0 aromatic heterocycles. The van der Waals surface area contributed by atoms with Crippen LogP contribution in [0, 0.1) is 23.4 Å². The molecule has 0 aliphatic rings. The third-order valence-corrected chi connectivity index (χ3v) is 3.79. The molecule has 0 radical (unpaired) electrons. The summed E-state index contributed by atoms with van der Waals surface area (Å²) in [7, 11) is 1.55. The largest absolute Gasteiger partial charge is 0.378 e. The first kappa shape index (κ1) is 26.4. The standard InChI is InChI=1S/C18H27F3N4O2.HI/c1-5-27-14(11(2)3)8-9-23-18(22-4)24-10-15(26)25-13-7-6-12(19)16(20)17(13)21;/h6-7,11,14H,5,8-10H2,1-4H3,(H,25,26)(H2,22,23,24);1H. The fraction of sp³-hybridized carbons (Fsp3) is 0.556. The van der Waals surface area contributed by atoms with E-state index in [1.165, 1.54) is 0 Å². The molecule has 0 saturated carbocycles. The monoisotopic (exact) mass is 516 g/mol. The second-order valence-electron chi connectivity index (χ2n) is 6.15. The van der Waals surface area contributed by atoms with Crippen molar-refractivity contribution < 1.29 is 22.7 Å². The molecule has 1 unspecified atom stereocenters. The van der Waals surface area contributed by atoms with Crippen LogP contribution in [0.2, 0.25) is 0 Å². The van der Waals surface area contributed by atoms with Gasteiger partial charge in [0.05, 0.1) is 18.3 Å². The number of halogens is 4. The van der Waals surface area contributed by atoms with Crippen LogP contribution in [0.25, 0.3) is 0 Å². The van der Waals surface area contributed by atoms with Crippen molar-refractivity contribution in [2.75, 3.05) is 32.1 Å². The van der Waals surface area contributed by atoms with E-state index in [9.17, 15) is 18.0 Å². The van der Waals surface area contributed by atoms with Crippen LogP contribution in [0.3, 0.4) is 0 Å². The maximum atomic E-state index is 13.6. The first-order valence-corrected chi connectivity index (χ1v) is 8.79. The number of anilines is 1. The van der Waals surface area contributed by atoms with Gasteiger partial charge in [-0.05, 0) is 31.4 Å². The van der Waals surface area contributed by atoms with Crippen molar-refractivity contribution in [3.05, 3.63) is 29.6 Å². The first-order chi connectivity index (χ1) is 12.8. The highest BCUT2D eigenvalue weighted by atomic mass is 127. The number of amides is 1. The quantitative estimate of drug-likeness (QED) is 0.204. The van der Waals surface area contributed by atoms with Crippen molar-refractivity contribution >= 4 is 41.5 Å². The Balaban J connectivity index is 0.00000729. The molecule has 0 heterocycles. The van der Waals surface area contributed by atoms with Gasteiger partial charge < -0.3 is 20.7 Å². The van der Waals surface area contributed by atoms with E-state index in [1.807, 2.05) is 6.92 Å². The minimum atomic E-state index is -1.63. The number of nitrogens with zero attached hydrogens (tertiary/aromatic N) is 1. The van der Waals surface area contributed by atoms with Gasteiger partial charge in [0.1, 0.15) is 0 Å². The SMILES string of the molecule is CCOC(CCNC(=NC)NCC(=O)Nc1ccc(F)c(F)c1F)C(C)C.I. The molecule has 6 nitrogen and oxygen atoms in total. The molecule has 1 rings (SSSR count). The Bertz CT molecular complexity index is 660. The van der Waals surface area contributed by atoms with Crippen molar-refractivity contribution in [3.63, 3.8) is 0 Å². The summed E-state index contributed by atoms with van der Waals surface area (Å²) in [6.07, 6.45) is 0.874. The normalized spacial score (nSPS) is 12.4. The van der Waals surface area contributed by atoms with Gasteiger partial charge in [0.25, 0.3) is 0 Å². The average Bonchev–Trinajstić information content (AvgIpc) is 2.63. The van der Waals surface area contributed by atoms with E-state index in [2.05, 4.69) is 34.8 Å². The van der Waals surface area contributed by atoms with Gasteiger partial charge in [0, 0.05) is 20.2 Å². The molecule has 1 atom stereocenters. The predicted octanol–water partition coefficient (Wildman–Crippen LogP) is 3.28. The Morgan fingerprint density at radius 3 is 2.43 bits per heavy atom. The molecule has 0 saturated heterocycles. The fourth-order valence-corrected chi connectivity index (χ4v) is 2.36. The lowest BCUT2D eigenvalue weighted by atomic mass is 10.0. The van der Waals surface area contributed by atoms with Crippen molar-refractivity contribution in [3.8, 4) is 0 Å². The Morgan fingerprint density at radius 1 is 1.18 bits per heavy atom. The van der Waals surface area contributed by atoms with E-state index in [-0.39, 0.29) is 36.6 Å². The zero-order valence-corrected chi connectivity index (χ0v) is 18.8. The molecule has 1 aromatic rings. The first-order valence-electron chi connectivity index (χ1n) is 8.79. The van der Waals surface area contributed by atoms with E-state index in [1.54, 1.807) is 7.05 Å². The number of aliphatic imine (C=N–C) groups is 1. The second kappa shape index (κ2) is 13.6. The highest BCUT2D eigenvalue weighted by molar-refractivity contribution is 14.0. The molecule has 0 spiro atoms. The van der Waals surface area contributed by atoms with E-state index < -0.39 is 29.0 Å². The molecule has 0 aliphatic carbocycles. The molecule has 0 fully saturated rings. The predicted molar refractivity (Wildman–Crippen MR) is 115 cm³/mol. The Labute approximate surface area is 180 Å². The Hall–Kier alpha value is -1.56. The molecule has 0 bridgehead atoms. The molecule has 10 heteroatoms. The van der Waals surface area contributed by atoms with Crippen molar-refractivity contribution in [2.24, 2.45) is 10.9 Å². The highest BCUT2D eigenvalue weighted by Crippen LogP contribution is 2.19. The Kier molecular flexibility index (Phi) is 12.8. The minimum absolute atomic E-state index is 0. The summed E-state index contributed by atoms with van der Waals surface area (Å²) in [6, 6.07) is 1.70. The van der Waals surface area contributed by atoms with E-state index >= 15 is 0 Å². The van der Waals surface area contributed by atoms with Crippen molar-refractivity contribution in [2.45, 2.75) is 33.3 Å². The summed E-state index contributed by atoms with van der Waals surface area (Å²) in [5.74, 6) is -4.26. The van der Waals surface area contributed by atoms with Crippen LogP contribution in [0.15, 0.2) is 17.1 Å². The number of ether oxygens (including phenoxy) is 1. The van der Waals surface area contributed by atoms with Gasteiger partial charge in [0.2, 0.25) is 5.91 Å². The smallest absolute Gasteiger partial charge is 0.243 e. The molecule has 1 amide bonds. The zero-order valence-electron chi connectivity index (χ0n) is 16.4. The lowest BCUT2D eigenvalue weighted by Gasteiger charge is -2.21. The summed E-state index contributed by atoms with van der Waals surface area (Å²) in [5.41, 5.74) is -0.430. The number of carbonyl (C=O) groups excluding carboxylic acids is 1. The van der Waals surface area contributed by atoms with Gasteiger partial charge in [0.15, 0.2) is 23.4 Å². The topological polar surface area (TPSA) is 74.8 Å². The highest BCUT2D eigenvalue weighted by Gasteiger charge is 2.16. The average molecular weight is 516 g/mol. The van der Waals surface area contributed by atoms with Crippen molar-refractivity contribution in [1.82, 2.24) is 10.6 Å². The Morgan fingerprint density at radius 2 is 1.86 bits per heavy atom. The summed E-state index contributed by atoms with van der Waals surface area (Å²) < 4.78 is 45.3. The van der Waals surface area contributed by atoms with Gasteiger partial charge in [-0.1, -0.05) is 13.8 Å². The van der Waals surface area contributed by atoms with E-state index in [0.29, 0.717) is 25.0 Å². The summed E-state index contributed by atoms with van der Waals surface area (Å²) >= 11 is 0. The molecule has 1 aromatic carbocycles. The summed E-state index contributed by atoms with van der Waals surface area (Å²) in [4.78, 5) is 15.9.